The van der Waals surface area contributed by atoms with Crippen molar-refractivity contribution in [1.29, 1.82) is 0 Å². The summed E-state index contributed by atoms with van der Waals surface area (Å²) in [4.78, 5) is 5.56. The molecule has 102 valence electrons. The molecule has 0 spiro atoms. The van der Waals surface area contributed by atoms with Crippen LogP contribution in [0.25, 0.3) is 0 Å². The molecule has 1 aromatic rings. The molecule has 0 radical (unpaired) electrons. The van der Waals surface area contributed by atoms with Crippen LogP contribution in [-0.2, 0) is 0 Å². The van der Waals surface area contributed by atoms with Crippen LogP contribution in [0, 0.1) is 19.8 Å². The Labute approximate surface area is 115 Å². The summed E-state index contributed by atoms with van der Waals surface area (Å²) in [7, 11) is 0. The van der Waals surface area contributed by atoms with Crippen LogP contribution >= 0.6 is 11.3 Å². The summed E-state index contributed by atoms with van der Waals surface area (Å²) in [5, 5.41) is 3.64. The Morgan fingerprint density at radius 2 is 2.06 bits per heavy atom. The predicted octanol–water partition coefficient (Wildman–Crippen LogP) is 3.36. The van der Waals surface area contributed by atoms with Crippen molar-refractivity contribution in [2.75, 3.05) is 19.6 Å². The number of rotatable bonds is 3. The zero-order chi connectivity index (χ0) is 13.3. The molecule has 2 rings (SSSR count). The SMILES string of the molecule is Cc1cc(C(C)N2CCNC(C(C)C)C2)c(C)s1. The number of nitrogens with zero attached hydrogens (tertiary/aromatic N) is 1. The fourth-order valence-electron chi connectivity index (χ4n) is 2.86. The summed E-state index contributed by atoms with van der Waals surface area (Å²) in [6, 6.07) is 3.57. The van der Waals surface area contributed by atoms with Crippen LogP contribution in [0.1, 0.15) is 42.1 Å². The third-order valence-corrected chi connectivity index (χ3v) is 5.10. The van der Waals surface area contributed by atoms with Gasteiger partial charge in [0.25, 0.3) is 0 Å². The summed E-state index contributed by atoms with van der Waals surface area (Å²) in [5.41, 5.74) is 1.53. The number of thiophene rings is 1. The average molecular weight is 266 g/mol. The molecule has 1 aliphatic rings. The highest BCUT2D eigenvalue weighted by Gasteiger charge is 2.26. The molecule has 1 aromatic heterocycles. The van der Waals surface area contributed by atoms with Crippen LogP contribution < -0.4 is 5.32 Å². The first kappa shape index (κ1) is 14.0. The minimum Gasteiger partial charge on any atom is -0.311 e. The van der Waals surface area contributed by atoms with E-state index in [1.165, 1.54) is 28.4 Å². The Bertz CT molecular complexity index is 397. The molecule has 0 aromatic carbocycles. The minimum atomic E-state index is 0.554. The number of aryl methyl sites for hydroxylation is 2. The molecule has 1 N–H and O–H groups in total. The fourth-order valence-corrected chi connectivity index (χ4v) is 3.88. The van der Waals surface area contributed by atoms with Gasteiger partial charge >= 0.3 is 0 Å². The van der Waals surface area contributed by atoms with Gasteiger partial charge in [-0.3, -0.25) is 4.90 Å². The van der Waals surface area contributed by atoms with E-state index in [1.807, 2.05) is 11.3 Å². The standard InChI is InChI=1S/C15H26N2S/c1-10(2)15-9-17(7-6-16-15)12(4)14-8-11(3)18-13(14)5/h8,10,12,15-16H,6-7,9H2,1-5H3. The quantitative estimate of drug-likeness (QED) is 0.902. The number of hydrogen-bond donors (Lipinski definition) is 1. The van der Waals surface area contributed by atoms with E-state index in [-0.39, 0.29) is 0 Å². The zero-order valence-electron chi connectivity index (χ0n) is 12.3. The van der Waals surface area contributed by atoms with Gasteiger partial charge in [-0.1, -0.05) is 13.8 Å². The van der Waals surface area contributed by atoms with Gasteiger partial charge < -0.3 is 5.32 Å². The summed E-state index contributed by atoms with van der Waals surface area (Å²) in [5.74, 6) is 0.713. The minimum absolute atomic E-state index is 0.554. The van der Waals surface area contributed by atoms with Gasteiger partial charge in [0.1, 0.15) is 0 Å². The van der Waals surface area contributed by atoms with Gasteiger partial charge in [-0.2, -0.15) is 0 Å². The molecule has 1 saturated heterocycles. The van der Waals surface area contributed by atoms with Crippen molar-refractivity contribution in [2.24, 2.45) is 5.92 Å². The maximum Gasteiger partial charge on any atom is 0.0332 e. The molecule has 0 bridgehead atoms. The van der Waals surface area contributed by atoms with Gasteiger partial charge in [-0.25, -0.2) is 0 Å². The van der Waals surface area contributed by atoms with E-state index in [2.05, 4.69) is 50.9 Å². The van der Waals surface area contributed by atoms with E-state index in [9.17, 15) is 0 Å². The Morgan fingerprint density at radius 1 is 1.33 bits per heavy atom. The van der Waals surface area contributed by atoms with E-state index in [4.69, 9.17) is 0 Å². The van der Waals surface area contributed by atoms with Crippen LogP contribution in [0.15, 0.2) is 6.07 Å². The van der Waals surface area contributed by atoms with Gasteiger partial charge in [-0.05, 0) is 38.3 Å². The molecule has 0 amide bonds. The maximum absolute atomic E-state index is 3.64. The molecular weight excluding hydrogens is 240 g/mol. The van der Waals surface area contributed by atoms with E-state index in [1.54, 1.807) is 0 Å². The molecule has 0 aliphatic carbocycles. The van der Waals surface area contributed by atoms with Crippen LogP contribution in [0.4, 0.5) is 0 Å². The molecule has 2 nitrogen and oxygen atoms in total. The zero-order valence-corrected chi connectivity index (χ0v) is 13.1. The van der Waals surface area contributed by atoms with Crippen LogP contribution in [0.3, 0.4) is 0 Å². The monoisotopic (exact) mass is 266 g/mol. The first-order valence-corrected chi connectivity index (χ1v) is 7.85. The molecule has 18 heavy (non-hydrogen) atoms. The number of hydrogen-bond acceptors (Lipinski definition) is 3. The Hall–Kier alpha value is -0.380. The largest absolute Gasteiger partial charge is 0.311 e. The fraction of sp³-hybridized carbons (Fsp3) is 0.733. The van der Waals surface area contributed by atoms with Crippen molar-refractivity contribution in [1.82, 2.24) is 10.2 Å². The highest BCUT2D eigenvalue weighted by molar-refractivity contribution is 7.12. The van der Waals surface area contributed by atoms with Gasteiger partial charge in [0.05, 0.1) is 0 Å². The summed E-state index contributed by atoms with van der Waals surface area (Å²) >= 11 is 1.93. The molecule has 2 atom stereocenters. The molecule has 1 fully saturated rings. The lowest BCUT2D eigenvalue weighted by molar-refractivity contribution is 0.135. The van der Waals surface area contributed by atoms with E-state index in [0.717, 1.165) is 6.54 Å². The van der Waals surface area contributed by atoms with Crippen molar-refractivity contribution in [2.45, 2.75) is 46.7 Å². The smallest absolute Gasteiger partial charge is 0.0332 e. The lowest BCUT2D eigenvalue weighted by atomic mass is 9.99. The van der Waals surface area contributed by atoms with Crippen LogP contribution in [-0.4, -0.2) is 30.6 Å². The second-order valence-electron chi connectivity index (χ2n) is 5.84. The van der Waals surface area contributed by atoms with Gasteiger partial charge in [0.15, 0.2) is 0 Å². The Kier molecular flexibility index (Phi) is 4.46. The lowest BCUT2D eigenvalue weighted by Crippen LogP contribution is -2.53. The summed E-state index contributed by atoms with van der Waals surface area (Å²) in [6.45, 7) is 14.9. The third-order valence-electron chi connectivity index (χ3n) is 4.12. The molecule has 0 saturated carbocycles. The number of nitrogens with one attached hydrogen (secondary N) is 1. The first-order valence-electron chi connectivity index (χ1n) is 7.03. The second kappa shape index (κ2) is 5.72. The number of piperazine rings is 1. The lowest BCUT2D eigenvalue weighted by Gasteiger charge is -2.39. The summed E-state index contributed by atoms with van der Waals surface area (Å²) in [6.07, 6.45) is 0. The van der Waals surface area contributed by atoms with Gasteiger partial charge in [0, 0.05) is 41.5 Å². The van der Waals surface area contributed by atoms with E-state index in [0.29, 0.717) is 18.0 Å². The third kappa shape index (κ3) is 2.95. The second-order valence-corrected chi connectivity index (χ2v) is 7.30. The van der Waals surface area contributed by atoms with Crippen LogP contribution in [0.5, 0.6) is 0 Å². The van der Waals surface area contributed by atoms with Crippen LogP contribution in [0.2, 0.25) is 0 Å². The highest BCUT2D eigenvalue weighted by Crippen LogP contribution is 2.30. The molecule has 2 heterocycles. The molecule has 2 unspecified atom stereocenters. The highest BCUT2D eigenvalue weighted by atomic mass is 32.1. The molecule has 3 heteroatoms. The van der Waals surface area contributed by atoms with Crippen molar-refractivity contribution in [3.63, 3.8) is 0 Å². The van der Waals surface area contributed by atoms with Gasteiger partial charge in [-0.15, -0.1) is 11.3 Å². The van der Waals surface area contributed by atoms with Crippen molar-refractivity contribution < 1.29 is 0 Å². The van der Waals surface area contributed by atoms with E-state index < -0.39 is 0 Å². The van der Waals surface area contributed by atoms with Crippen molar-refractivity contribution in [3.8, 4) is 0 Å². The average Bonchev–Trinajstić information content (AvgIpc) is 2.67. The molecule has 1 aliphatic heterocycles. The first-order chi connectivity index (χ1) is 8.49. The topological polar surface area (TPSA) is 15.3 Å². The predicted molar refractivity (Wildman–Crippen MR) is 80.4 cm³/mol. The Morgan fingerprint density at radius 3 is 2.61 bits per heavy atom. The van der Waals surface area contributed by atoms with Gasteiger partial charge in [0.2, 0.25) is 0 Å². The summed E-state index contributed by atoms with van der Waals surface area (Å²) < 4.78 is 0. The maximum atomic E-state index is 3.64. The normalized spacial score (nSPS) is 23.6. The van der Waals surface area contributed by atoms with Crippen molar-refractivity contribution >= 4 is 11.3 Å². The van der Waals surface area contributed by atoms with Crippen molar-refractivity contribution in [3.05, 3.63) is 21.4 Å². The Balaban J connectivity index is 2.09. The van der Waals surface area contributed by atoms with E-state index >= 15 is 0 Å². The molecular formula is C15H26N2S.